The van der Waals surface area contributed by atoms with Gasteiger partial charge in [0.25, 0.3) is 0 Å². The summed E-state index contributed by atoms with van der Waals surface area (Å²) in [6.45, 7) is 4.79. The fraction of sp³-hybridized carbons (Fsp3) is 0.0566. The van der Waals surface area contributed by atoms with Crippen molar-refractivity contribution < 1.29 is 0 Å². The topological polar surface area (TPSA) is 0 Å². The summed E-state index contributed by atoms with van der Waals surface area (Å²) < 4.78 is 0. The van der Waals surface area contributed by atoms with Crippen LogP contribution in [-0.2, 0) is 5.41 Å². The Labute approximate surface area is 309 Å². The van der Waals surface area contributed by atoms with Crippen LogP contribution in [0.4, 0.5) is 0 Å². The van der Waals surface area contributed by atoms with Crippen molar-refractivity contribution in [2.75, 3.05) is 0 Å². The third-order valence-corrected chi connectivity index (χ3v) is 12.0. The molecule has 1 aliphatic carbocycles. The van der Waals surface area contributed by atoms with Gasteiger partial charge in [-0.15, -0.1) is 0 Å². The minimum Gasteiger partial charge on any atom is -0.0616 e. The van der Waals surface area contributed by atoms with Gasteiger partial charge in [-0.2, -0.15) is 0 Å². The van der Waals surface area contributed by atoms with Crippen LogP contribution in [0.3, 0.4) is 0 Å². The molecule has 10 aromatic rings. The van der Waals surface area contributed by atoms with Crippen LogP contribution < -0.4 is 0 Å². The predicted octanol–water partition coefficient (Wildman–Crippen LogP) is 14.8. The van der Waals surface area contributed by atoms with Gasteiger partial charge in [0.05, 0.1) is 0 Å². The highest BCUT2D eigenvalue weighted by atomic mass is 14.4. The molecule has 0 radical (unpaired) electrons. The predicted molar refractivity (Wildman–Crippen MR) is 228 cm³/mol. The maximum atomic E-state index is 2.46. The molecule has 0 bridgehead atoms. The lowest BCUT2D eigenvalue weighted by molar-refractivity contribution is 0.661. The molecule has 10 aromatic carbocycles. The Hall–Kier alpha value is -6.50. The van der Waals surface area contributed by atoms with Crippen LogP contribution >= 0.6 is 0 Å². The largest absolute Gasteiger partial charge is 0.0616 e. The smallest absolute Gasteiger partial charge is 0.0159 e. The van der Waals surface area contributed by atoms with Gasteiger partial charge < -0.3 is 0 Å². The lowest BCUT2D eigenvalue weighted by atomic mass is 9.80. The van der Waals surface area contributed by atoms with Gasteiger partial charge >= 0.3 is 0 Å². The molecule has 0 saturated heterocycles. The van der Waals surface area contributed by atoms with E-state index in [9.17, 15) is 0 Å². The van der Waals surface area contributed by atoms with Crippen molar-refractivity contribution in [2.45, 2.75) is 19.3 Å². The second-order valence-corrected chi connectivity index (χ2v) is 15.2. The maximum Gasteiger partial charge on any atom is 0.0159 e. The van der Waals surface area contributed by atoms with Crippen LogP contribution in [0, 0.1) is 0 Å². The van der Waals surface area contributed by atoms with Gasteiger partial charge in [0, 0.05) is 5.41 Å². The van der Waals surface area contributed by atoms with Crippen LogP contribution in [0.25, 0.3) is 98.4 Å². The molecule has 0 spiro atoms. The van der Waals surface area contributed by atoms with Crippen molar-refractivity contribution >= 4 is 53.9 Å². The first-order valence-corrected chi connectivity index (χ1v) is 18.7. The van der Waals surface area contributed by atoms with Gasteiger partial charge in [-0.05, 0) is 122 Å². The molecule has 53 heavy (non-hydrogen) atoms. The Kier molecular flexibility index (Phi) is 6.40. The van der Waals surface area contributed by atoms with Crippen molar-refractivity contribution in [1.29, 1.82) is 0 Å². The van der Waals surface area contributed by atoms with E-state index in [0.29, 0.717) is 0 Å². The van der Waals surface area contributed by atoms with Crippen molar-refractivity contribution in [1.82, 2.24) is 0 Å². The fourth-order valence-corrected chi connectivity index (χ4v) is 9.53. The Bertz CT molecular complexity index is 3080. The first-order valence-electron chi connectivity index (χ1n) is 18.7. The van der Waals surface area contributed by atoms with Gasteiger partial charge in [0.1, 0.15) is 0 Å². The summed E-state index contributed by atoms with van der Waals surface area (Å²) in [7, 11) is 0. The molecule has 0 aliphatic heterocycles. The van der Waals surface area contributed by atoms with E-state index in [0.717, 1.165) is 0 Å². The summed E-state index contributed by atoms with van der Waals surface area (Å²) in [5, 5.41) is 12.8. The first-order chi connectivity index (χ1) is 26.1. The number of hydrogen-bond donors (Lipinski definition) is 0. The molecule has 0 saturated carbocycles. The van der Waals surface area contributed by atoms with E-state index < -0.39 is 0 Å². The minimum atomic E-state index is -0.129. The number of rotatable bonds is 3. The van der Waals surface area contributed by atoms with Gasteiger partial charge in [-0.1, -0.05) is 184 Å². The molecular weight excluding hydrogens is 637 g/mol. The molecule has 11 rings (SSSR count). The normalized spacial score (nSPS) is 13.2. The van der Waals surface area contributed by atoms with Gasteiger partial charge in [0.15, 0.2) is 0 Å². The lowest BCUT2D eigenvalue weighted by Gasteiger charge is -2.23. The highest BCUT2D eigenvalue weighted by molar-refractivity contribution is 6.24. The molecule has 0 unspecified atom stereocenters. The summed E-state index contributed by atoms with van der Waals surface area (Å²) in [4.78, 5) is 0. The van der Waals surface area contributed by atoms with Gasteiger partial charge in [-0.25, -0.2) is 0 Å². The third kappa shape index (κ3) is 4.36. The second-order valence-electron chi connectivity index (χ2n) is 15.2. The summed E-state index contributed by atoms with van der Waals surface area (Å²) in [5.41, 5.74) is 13.1. The quantitative estimate of drug-likeness (QED) is 0.164. The lowest BCUT2D eigenvalue weighted by Crippen LogP contribution is -2.15. The van der Waals surface area contributed by atoms with Crippen LogP contribution in [0.2, 0.25) is 0 Å². The van der Waals surface area contributed by atoms with E-state index in [4.69, 9.17) is 0 Å². The molecule has 0 N–H and O–H groups in total. The van der Waals surface area contributed by atoms with Crippen molar-refractivity contribution in [2.24, 2.45) is 0 Å². The van der Waals surface area contributed by atoms with E-state index in [2.05, 4.69) is 196 Å². The van der Waals surface area contributed by atoms with E-state index in [1.54, 1.807) is 0 Å². The molecule has 0 amide bonds. The summed E-state index contributed by atoms with van der Waals surface area (Å²) in [6, 6.07) is 67.9. The standard InChI is InChI=1S/C53H36/c1-53(2)48-30-29-40-41(23-12-24-42(40)52(48)47-28-27-36(32-49(47)53)39-22-11-16-34-14-5-6-17-38(34)39)51-45-20-9-7-18-43(45)50(44-19-8-10-21-46(44)51)37-26-25-33-13-3-4-15-35(33)31-37/h3-32H,1-2H3. The van der Waals surface area contributed by atoms with Crippen molar-refractivity contribution in [3.05, 3.63) is 193 Å². The van der Waals surface area contributed by atoms with Crippen LogP contribution in [0.1, 0.15) is 25.0 Å². The molecule has 248 valence electrons. The third-order valence-electron chi connectivity index (χ3n) is 12.0. The number of benzene rings is 10. The molecule has 1 aliphatic rings. The van der Waals surface area contributed by atoms with Crippen LogP contribution in [-0.4, -0.2) is 0 Å². The van der Waals surface area contributed by atoms with Crippen LogP contribution in [0.5, 0.6) is 0 Å². The molecular formula is C53H36. The SMILES string of the molecule is CC1(C)c2cc(-c3cccc4ccccc34)ccc2-c2c1ccc1c(-c3c4ccccc4c(-c4ccc5ccccc5c4)c4ccccc34)cccc21. The fourth-order valence-electron chi connectivity index (χ4n) is 9.53. The number of fused-ring (bicyclic) bond motifs is 9. The van der Waals surface area contributed by atoms with Gasteiger partial charge in [-0.3, -0.25) is 0 Å². The average Bonchev–Trinajstić information content (AvgIpc) is 3.44. The summed E-state index contributed by atoms with van der Waals surface area (Å²) in [6.07, 6.45) is 0. The Morgan fingerprint density at radius 2 is 0.830 bits per heavy atom. The molecule has 0 aromatic heterocycles. The van der Waals surface area contributed by atoms with Crippen molar-refractivity contribution in [3.63, 3.8) is 0 Å². The van der Waals surface area contributed by atoms with Gasteiger partial charge in [0.2, 0.25) is 0 Å². The molecule has 0 atom stereocenters. The zero-order chi connectivity index (χ0) is 35.3. The summed E-state index contributed by atoms with van der Waals surface area (Å²) >= 11 is 0. The molecule has 0 fully saturated rings. The maximum absolute atomic E-state index is 2.46. The number of hydrogen-bond acceptors (Lipinski definition) is 0. The van der Waals surface area contributed by atoms with E-state index in [1.807, 2.05) is 0 Å². The Morgan fingerprint density at radius 3 is 1.58 bits per heavy atom. The molecule has 0 heteroatoms. The van der Waals surface area contributed by atoms with Crippen molar-refractivity contribution in [3.8, 4) is 44.5 Å². The highest BCUT2D eigenvalue weighted by Gasteiger charge is 2.37. The second kappa shape index (κ2) is 11.2. The summed E-state index contributed by atoms with van der Waals surface area (Å²) in [5.74, 6) is 0. The van der Waals surface area contributed by atoms with E-state index in [-0.39, 0.29) is 5.41 Å². The van der Waals surface area contributed by atoms with E-state index in [1.165, 1.54) is 109 Å². The Balaban J connectivity index is 1.15. The van der Waals surface area contributed by atoms with E-state index >= 15 is 0 Å². The first kappa shape index (κ1) is 30.2. The monoisotopic (exact) mass is 672 g/mol. The average molecular weight is 673 g/mol. The zero-order valence-corrected chi connectivity index (χ0v) is 29.8. The molecule has 0 heterocycles. The van der Waals surface area contributed by atoms with Crippen LogP contribution in [0.15, 0.2) is 182 Å². The highest BCUT2D eigenvalue weighted by Crippen LogP contribution is 2.54. The Morgan fingerprint density at radius 1 is 0.283 bits per heavy atom. The zero-order valence-electron chi connectivity index (χ0n) is 29.8. The molecule has 0 nitrogen and oxygen atoms in total. The minimum absolute atomic E-state index is 0.129.